The third-order valence-corrected chi connectivity index (χ3v) is 2.73. The molecule has 1 fully saturated rings. The van der Waals surface area contributed by atoms with E-state index in [0.29, 0.717) is 6.42 Å². The van der Waals surface area contributed by atoms with E-state index in [0.717, 1.165) is 0 Å². The second-order valence-electron chi connectivity index (χ2n) is 3.91. The van der Waals surface area contributed by atoms with Gasteiger partial charge in [0.1, 0.15) is 12.6 Å². The highest BCUT2D eigenvalue weighted by molar-refractivity contribution is 6.04. The second kappa shape index (κ2) is 4.52. The number of nitrogens with one attached hydrogen (secondary N) is 1. The summed E-state index contributed by atoms with van der Waals surface area (Å²) in [5.41, 5.74) is 0. The lowest BCUT2D eigenvalue weighted by atomic mass is 10.1. The Hall–Kier alpha value is -2.31. The Balaban J connectivity index is 2.30. The van der Waals surface area contributed by atoms with Gasteiger partial charge in [-0.2, -0.15) is 0 Å². The predicted molar refractivity (Wildman–Crippen MR) is 60.2 cm³/mol. The smallest absolute Gasteiger partial charge is 0.371 e. The molecule has 2 heterocycles. The standard InChI is InChI=1S/C11H12N2O5/c1-2-6-10(15)12-8(14)5-13(6)9-4-3-7(18-9)11(16)17/h3-4,6H,2,5H2,1H3,(H,16,17)(H,12,14,15). The molecule has 1 atom stereocenters. The van der Waals surface area contributed by atoms with E-state index in [2.05, 4.69) is 5.32 Å². The van der Waals surface area contributed by atoms with Crippen LogP contribution in [0.25, 0.3) is 0 Å². The number of aromatic carboxylic acids is 1. The molecule has 2 amide bonds. The van der Waals surface area contributed by atoms with E-state index in [4.69, 9.17) is 9.52 Å². The summed E-state index contributed by atoms with van der Waals surface area (Å²) in [5.74, 6) is -2.04. The van der Waals surface area contributed by atoms with Gasteiger partial charge < -0.3 is 14.4 Å². The van der Waals surface area contributed by atoms with Crippen LogP contribution in [-0.2, 0) is 9.59 Å². The Kier molecular flexibility index (Phi) is 3.05. The summed E-state index contributed by atoms with van der Waals surface area (Å²) < 4.78 is 5.11. The van der Waals surface area contributed by atoms with Crippen molar-refractivity contribution < 1.29 is 23.9 Å². The van der Waals surface area contributed by atoms with Gasteiger partial charge >= 0.3 is 5.97 Å². The van der Waals surface area contributed by atoms with E-state index >= 15 is 0 Å². The van der Waals surface area contributed by atoms with Crippen LogP contribution in [-0.4, -0.2) is 35.5 Å². The van der Waals surface area contributed by atoms with Gasteiger partial charge in [0.2, 0.25) is 17.6 Å². The lowest BCUT2D eigenvalue weighted by molar-refractivity contribution is -0.133. The molecule has 0 aromatic carbocycles. The first-order valence-corrected chi connectivity index (χ1v) is 5.46. The molecule has 0 radical (unpaired) electrons. The lowest BCUT2D eigenvalue weighted by Crippen LogP contribution is -2.58. The van der Waals surface area contributed by atoms with Crippen molar-refractivity contribution in [3.05, 3.63) is 17.9 Å². The minimum Gasteiger partial charge on any atom is -0.475 e. The molecule has 1 aliphatic rings. The minimum atomic E-state index is -1.19. The minimum absolute atomic E-state index is 0.0309. The third-order valence-electron chi connectivity index (χ3n) is 2.73. The Labute approximate surface area is 102 Å². The fraction of sp³-hybridized carbons (Fsp3) is 0.364. The molecule has 1 saturated heterocycles. The summed E-state index contributed by atoms with van der Waals surface area (Å²) in [6.07, 6.45) is 0.488. The van der Waals surface area contributed by atoms with E-state index in [1.165, 1.54) is 17.0 Å². The van der Waals surface area contributed by atoms with Crippen molar-refractivity contribution in [2.45, 2.75) is 19.4 Å². The van der Waals surface area contributed by atoms with Crippen LogP contribution in [0.1, 0.15) is 23.9 Å². The molecule has 96 valence electrons. The molecule has 2 rings (SSSR count). The molecule has 1 aliphatic heterocycles. The number of rotatable bonds is 3. The molecule has 0 bridgehead atoms. The third kappa shape index (κ3) is 2.06. The van der Waals surface area contributed by atoms with Crippen molar-refractivity contribution >= 4 is 23.7 Å². The molecular weight excluding hydrogens is 240 g/mol. The molecule has 1 aromatic heterocycles. The summed E-state index contributed by atoms with van der Waals surface area (Å²) in [6, 6.07) is 2.20. The highest BCUT2D eigenvalue weighted by Crippen LogP contribution is 2.23. The number of carboxylic acids is 1. The van der Waals surface area contributed by atoms with Crippen molar-refractivity contribution in [2.75, 3.05) is 11.4 Å². The Morgan fingerprint density at radius 3 is 2.83 bits per heavy atom. The fourth-order valence-corrected chi connectivity index (χ4v) is 1.90. The fourth-order valence-electron chi connectivity index (χ4n) is 1.90. The first-order valence-electron chi connectivity index (χ1n) is 5.46. The highest BCUT2D eigenvalue weighted by Gasteiger charge is 2.34. The molecule has 7 heteroatoms. The van der Waals surface area contributed by atoms with Gasteiger partial charge in [-0.3, -0.25) is 14.9 Å². The topological polar surface area (TPSA) is 99.9 Å². The van der Waals surface area contributed by atoms with Crippen LogP contribution >= 0.6 is 0 Å². The van der Waals surface area contributed by atoms with Crippen LogP contribution in [0.2, 0.25) is 0 Å². The summed E-state index contributed by atoms with van der Waals surface area (Å²) in [7, 11) is 0. The zero-order valence-corrected chi connectivity index (χ0v) is 9.67. The Bertz CT molecular complexity index is 507. The number of nitrogens with zero attached hydrogens (tertiary/aromatic N) is 1. The first kappa shape index (κ1) is 12.2. The zero-order valence-electron chi connectivity index (χ0n) is 9.67. The molecule has 2 N–H and O–H groups in total. The summed E-state index contributed by atoms with van der Waals surface area (Å²) >= 11 is 0. The lowest BCUT2D eigenvalue weighted by Gasteiger charge is -2.32. The number of carbonyl (C=O) groups is 3. The van der Waals surface area contributed by atoms with Crippen LogP contribution < -0.4 is 10.2 Å². The number of piperazine rings is 1. The predicted octanol–water partition coefficient (Wildman–Crippen LogP) is 0.219. The molecule has 1 aromatic rings. The van der Waals surface area contributed by atoms with Crippen molar-refractivity contribution in [2.24, 2.45) is 0 Å². The van der Waals surface area contributed by atoms with Gasteiger partial charge in [0.05, 0.1) is 0 Å². The summed E-state index contributed by atoms with van der Waals surface area (Å²) in [4.78, 5) is 35.1. The maximum absolute atomic E-state index is 11.6. The maximum atomic E-state index is 11.6. The summed E-state index contributed by atoms with van der Waals surface area (Å²) in [5, 5.41) is 11.0. The van der Waals surface area contributed by atoms with E-state index < -0.39 is 23.8 Å². The van der Waals surface area contributed by atoms with Crippen molar-refractivity contribution in [1.82, 2.24) is 5.32 Å². The van der Waals surface area contributed by atoms with Crippen LogP contribution in [0.5, 0.6) is 0 Å². The van der Waals surface area contributed by atoms with Gasteiger partial charge in [-0.15, -0.1) is 0 Å². The molecular formula is C11H12N2O5. The highest BCUT2D eigenvalue weighted by atomic mass is 16.4. The average molecular weight is 252 g/mol. The summed E-state index contributed by atoms with van der Waals surface area (Å²) in [6.45, 7) is 1.77. The molecule has 7 nitrogen and oxygen atoms in total. The zero-order chi connectivity index (χ0) is 13.3. The molecule has 0 saturated carbocycles. The van der Waals surface area contributed by atoms with Crippen molar-refractivity contribution in [1.29, 1.82) is 0 Å². The number of hydrogen-bond donors (Lipinski definition) is 2. The number of amides is 2. The number of hydrogen-bond acceptors (Lipinski definition) is 5. The SMILES string of the molecule is CCC1C(=O)NC(=O)CN1c1ccc(C(=O)O)o1. The van der Waals surface area contributed by atoms with Crippen LogP contribution in [0.3, 0.4) is 0 Å². The number of imide groups is 1. The maximum Gasteiger partial charge on any atom is 0.371 e. The van der Waals surface area contributed by atoms with Crippen molar-refractivity contribution in [3.63, 3.8) is 0 Å². The van der Waals surface area contributed by atoms with E-state index in [9.17, 15) is 14.4 Å². The van der Waals surface area contributed by atoms with Gasteiger partial charge in [0, 0.05) is 6.07 Å². The monoisotopic (exact) mass is 252 g/mol. The van der Waals surface area contributed by atoms with Crippen LogP contribution in [0.4, 0.5) is 5.88 Å². The largest absolute Gasteiger partial charge is 0.475 e. The molecule has 0 spiro atoms. The van der Waals surface area contributed by atoms with E-state index in [1.54, 1.807) is 6.92 Å². The number of furan rings is 1. The van der Waals surface area contributed by atoms with Gasteiger partial charge in [-0.25, -0.2) is 4.79 Å². The molecule has 0 aliphatic carbocycles. The van der Waals surface area contributed by atoms with Gasteiger partial charge in [-0.05, 0) is 12.5 Å². The first-order chi connectivity index (χ1) is 8.52. The van der Waals surface area contributed by atoms with E-state index in [-0.39, 0.29) is 18.2 Å². The van der Waals surface area contributed by atoms with Gasteiger partial charge in [-0.1, -0.05) is 6.92 Å². The number of carbonyl (C=O) groups excluding carboxylic acids is 2. The second-order valence-corrected chi connectivity index (χ2v) is 3.91. The normalized spacial score (nSPS) is 19.8. The molecule has 18 heavy (non-hydrogen) atoms. The Morgan fingerprint density at radius 1 is 1.56 bits per heavy atom. The molecule has 1 unspecified atom stereocenters. The quantitative estimate of drug-likeness (QED) is 0.746. The Morgan fingerprint density at radius 2 is 2.28 bits per heavy atom. The van der Waals surface area contributed by atoms with Crippen LogP contribution in [0.15, 0.2) is 16.5 Å². The average Bonchev–Trinajstić information content (AvgIpc) is 2.77. The number of anilines is 1. The van der Waals surface area contributed by atoms with Gasteiger partial charge in [0.25, 0.3) is 0 Å². The van der Waals surface area contributed by atoms with Crippen molar-refractivity contribution in [3.8, 4) is 0 Å². The van der Waals surface area contributed by atoms with Crippen LogP contribution in [0, 0.1) is 0 Å². The number of carboxylic acid groups (broad SMARTS) is 1. The van der Waals surface area contributed by atoms with E-state index in [1.807, 2.05) is 0 Å². The van der Waals surface area contributed by atoms with Gasteiger partial charge in [0.15, 0.2) is 5.88 Å².